The fraction of sp³-hybridized carbons (Fsp3) is 0.609. The van der Waals surface area contributed by atoms with Crippen molar-refractivity contribution in [3.63, 3.8) is 0 Å². The molecule has 9 nitrogen and oxygen atoms in total. The third-order valence-corrected chi connectivity index (χ3v) is 5.95. The van der Waals surface area contributed by atoms with Gasteiger partial charge in [0.2, 0.25) is 5.91 Å². The van der Waals surface area contributed by atoms with Gasteiger partial charge >= 0.3 is 5.97 Å². The molecule has 0 unspecified atom stereocenters. The lowest BCUT2D eigenvalue weighted by molar-refractivity contribution is -0.150. The van der Waals surface area contributed by atoms with Crippen LogP contribution in [0.1, 0.15) is 40.5 Å². The van der Waals surface area contributed by atoms with Gasteiger partial charge in [-0.25, -0.2) is 0 Å². The van der Waals surface area contributed by atoms with Crippen LogP contribution in [0.4, 0.5) is 5.69 Å². The maximum Gasteiger partial charge on any atom is 0.308 e. The molecule has 1 aromatic carbocycles. The predicted octanol–water partition coefficient (Wildman–Crippen LogP) is 2.40. The summed E-state index contributed by atoms with van der Waals surface area (Å²) >= 11 is 0. The van der Waals surface area contributed by atoms with E-state index in [1.807, 2.05) is 62.9 Å². The maximum absolute atomic E-state index is 13.4. The molecule has 0 saturated carbocycles. The number of ether oxygens (including phenoxy) is 1. The molecule has 32 heavy (non-hydrogen) atoms. The van der Waals surface area contributed by atoms with Crippen LogP contribution in [0, 0.1) is 11.8 Å². The van der Waals surface area contributed by atoms with Crippen LogP contribution in [0.3, 0.4) is 0 Å². The van der Waals surface area contributed by atoms with Crippen molar-refractivity contribution in [3.05, 3.63) is 36.7 Å². The number of benzene rings is 1. The van der Waals surface area contributed by atoms with Gasteiger partial charge in [0.25, 0.3) is 0 Å². The van der Waals surface area contributed by atoms with E-state index in [0.29, 0.717) is 19.4 Å². The summed E-state index contributed by atoms with van der Waals surface area (Å²) in [7, 11) is 0. The minimum Gasteiger partial charge on any atom is -0.463 e. The molecule has 0 radical (unpaired) electrons. The number of hydrogen-bond donors (Lipinski definition) is 0. The van der Waals surface area contributed by atoms with E-state index in [1.165, 1.54) is 6.33 Å². The summed E-state index contributed by atoms with van der Waals surface area (Å²) in [5.74, 6) is -0.594. The highest BCUT2D eigenvalue weighted by Gasteiger charge is 2.45. The summed E-state index contributed by atoms with van der Waals surface area (Å²) in [5, 5.41) is 11.7. The molecule has 0 bridgehead atoms. The number of nitrogens with zero attached hydrogens (tertiary/aromatic N) is 6. The molecule has 2 heterocycles. The van der Waals surface area contributed by atoms with Crippen molar-refractivity contribution in [3.8, 4) is 0 Å². The molecule has 1 saturated heterocycles. The van der Waals surface area contributed by atoms with Crippen LogP contribution in [-0.2, 0) is 20.9 Å². The number of piperidine rings is 1. The molecule has 1 fully saturated rings. The number of esters is 1. The second-order valence-corrected chi connectivity index (χ2v) is 9.02. The Balaban J connectivity index is 1.83. The Morgan fingerprint density at radius 1 is 1.06 bits per heavy atom. The van der Waals surface area contributed by atoms with Gasteiger partial charge in [0.15, 0.2) is 6.33 Å². The Hall–Kier alpha value is -2.81. The minimum atomic E-state index is -0.588. The molecule has 174 valence electrons. The van der Waals surface area contributed by atoms with Gasteiger partial charge in [-0.1, -0.05) is 45.9 Å². The first-order chi connectivity index (χ1) is 15.3. The van der Waals surface area contributed by atoms with Crippen molar-refractivity contribution in [1.29, 1.82) is 0 Å². The Morgan fingerprint density at radius 2 is 1.75 bits per heavy atom. The topological polar surface area (TPSA) is 93.5 Å². The van der Waals surface area contributed by atoms with Gasteiger partial charge in [0, 0.05) is 31.2 Å². The van der Waals surface area contributed by atoms with Crippen LogP contribution >= 0.6 is 0 Å². The molecule has 0 aliphatic carbocycles. The third kappa shape index (κ3) is 5.70. The average molecular weight is 443 g/mol. The lowest BCUT2D eigenvalue weighted by Gasteiger charge is -2.49. The van der Waals surface area contributed by atoms with Crippen LogP contribution in [-0.4, -0.2) is 68.8 Å². The van der Waals surface area contributed by atoms with E-state index in [2.05, 4.69) is 20.3 Å². The van der Waals surface area contributed by atoms with Gasteiger partial charge in [0.05, 0.1) is 18.0 Å². The highest BCUT2D eigenvalue weighted by molar-refractivity contribution is 5.96. The van der Waals surface area contributed by atoms with E-state index in [4.69, 9.17) is 4.74 Å². The predicted molar refractivity (Wildman–Crippen MR) is 121 cm³/mol. The monoisotopic (exact) mass is 442 g/mol. The molecule has 1 amide bonds. The lowest BCUT2D eigenvalue weighted by Crippen LogP contribution is -2.61. The molecule has 0 spiro atoms. The van der Waals surface area contributed by atoms with E-state index < -0.39 is 5.54 Å². The highest BCUT2D eigenvalue weighted by Crippen LogP contribution is 2.35. The Bertz CT molecular complexity index is 861. The zero-order chi connectivity index (χ0) is 23.1. The van der Waals surface area contributed by atoms with E-state index in [-0.39, 0.29) is 30.3 Å². The molecular formula is C23H34N6O3. The molecule has 1 aromatic heterocycles. The first-order valence-corrected chi connectivity index (χ1v) is 11.3. The molecule has 0 atom stereocenters. The number of aromatic nitrogens is 4. The van der Waals surface area contributed by atoms with E-state index in [1.54, 1.807) is 4.80 Å². The molecule has 0 N–H and O–H groups in total. The summed E-state index contributed by atoms with van der Waals surface area (Å²) in [6.45, 7) is 10.7. The van der Waals surface area contributed by atoms with Crippen molar-refractivity contribution in [2.24, 2.45) is 11.8 Å². The van der Waals surface area contributed by atoms with Crippen LogP contribution in [0.15, 0.2) is 36.7 Å². The molecule has 1 aliphatic rings. The van der Waals surface area contributed by atoms with Gasteiger partial charge in [-0.05, 0) is 30.2 Å². The summed E-state index contributed by atoms with van der Waals surface area (Å²) in [4.78, 5) is 31.6. The summed E-state index contributed by atoms with van der Waals surface area (Å²) in [6.07, 6.45) is 2.84. The Morgan fingerprint density at radius 3 is 2.31 bits per heavy atom. The molecular weight excluding hydrogens is 408 g/mol. The van der Waals surface area contributed by atoms with Gasteiger partial charge < -0.3 is 14.5 Å². The van der Waals surface area contributed by atoms with E-state index in [9.17, 15) is 9.59 Å². The number of amides is 1. The largest absolute Gasteiger partial charge is 0.463 e. The van der Waals surface area contributed by atoms with Crippen LogP contribution in [0.25, 0.3) is 0 Å². The number of anilines is 1. The zero-order valence-electron chi connectivity index (χ0n) is 19.5. The first kappa shape index (κ1) is 23.8. The summed E-state index contributed by atoms with van der Waals surface area (Å²) in [5.41, 5.74) is 0.252. The fourth-order valence-corrected chi connectivity index (χ4v) is 3.99. The van der Waals surface area contributed by atoms with Crippen molar-refractivity contribution in [2.75, 3.05) is 31.1 Å². The molecule has 9 heteroatoms. The first-order valence-electron chi connectivity index (χ1n) is 11.3. The number of carbonyl (C=O) groups is 2. The minimum absolute atomic E-state index is 0.0389. The quantitative estimate of drug-likeness (QED) is 0.551. The number of para-hydroxylation sites is 1. The Labute approximate surface area is 189 Å². The van der Waals surface area contributed by atoms with Crippen molar-refractivity contribution in [2.45, 2.75) is 52.6 Å². The van der Waals surface area contributed by atoms with Gasteiger partial charge in [-0.15, -0.1) is 10.2 Å². The van der Waals surface area contributed by atoms with Crippen LogP contribution < -0.4 is 4.90 Å². The molecule has 2 aromatic rings. The highest BCUT2D eigenvalue weighted by atomic mass is 16.5. The number of carbonyl (C=O) groups excluding carboxylic acids is 2. The maximum atomic E-state index is 13.4. The SMILES string of the molecule is CC(C)C(=O)OCC1(N(C(=O)C(C)C)c2ccccc2)CCN(CCn2ncnn2)CC1. The number of hydrogen-bond acceptors (Lipinski definition) is 7. The van der Waals surface area contributed by atoms with E-state index in [0.717, 1.165) is 25.3 Å². The summed E-state index contributed by atoms with van der Waals surface area (Å²) < 4.78 is 5.75. The smallest absolute Gasteiger partial charge is 0.308 e. The third-order valence-electron chi connectivity index (χ3n) is 5.95. The van der Waals surface area contributed by atoms with Crippen molar-refractivity contribution < 1.29 is 14.3 Å². The molecule has 3 rings (SSSR count). The summed E-state index contributed by atoms with van der Waals surface area (Å²) in [6, 6.07) is 9.71. The van der Waals surface area contributed by atoms with Crippen LogP contribution in [0.2, 0.25) is 0 Å². The van der Waals surface area contributed by atoms with Gasteiger partial charge in [0.1, 0.15) is 6.61 Å². The normalized spacial score (nSPS) is 16.3. The standard InChI is InChI=1S/C23H34N6O3/c1-18(2)21(30)29(20-8-6-5-7-9-20)23(16-32-22(31)19(3)4)10-12-27(13-11-23)14-15-28-25-17-24-26-28/h5-9,17-19H,10-16H2,1-4H3. The average Bonchev–Trinajstić information content (AvgIpc) is 3.31. The fourth-order valence-electron chi connectivity index (χ4n) is 3.99. The second kappa shape index (κ2) is 10.7. The number of tetrazole rings is 1. The molecule has 1 aliphatic heterocycles. The number of likely N-dealkylation sites (tertiary alicyclic amines) is 1. The van der Waals surface area contributed by atoms with Gasteiger partial charge in [-0.2, -0.15) is 4.80 Å². The Kier molecular flexibility index (Phi) is 7.95. The zero-order valence-corrected chi connectivity index (χ0v) is 19.5. The van der Waals surface area contributed by atoms with Crippen molar-refractivity contribution >= 4 is 17.6 Å². The van der Waals surface area contributed by atoms with Gasteiger partial charge in [-0.3, -0.25) is 9.59 Å². The van der Waals surface area contributed by atoms with Crippen molar-refractivity contribution in [1.82, 2.24) is 25.1 Å². The number of rotatable bonds is 9. The second-order valence-electron chi connectivity index (χ2n) is 9.02. The lowest BCUT2D eigenvalue weighted by atomic mass is 9.84. The van der Waals surface area contributed by atoms with Crippen LogP contribution in [0.5, 0.6) is 0 Å². The van der Waals surface area contributed by atoms with E-state index >= 15 is 0 Å².